The number of ether oxygens (including phenoxy) is 1. The number of aromatic amines is 1. The number of aromatic nitrogens is 3. The number of nitrogens with one attached hydrogen (secondary N) is 1. The largest absolute Gasteiger partial charge is 0.378 e. The molecule has 1 saturated heterocycles. The Labute approximate surface area is 191 Å². The standard InChI is InChI=1S/C27H24N4O2/c32-27(30-11-13-33-14-12-30)23-18-31(25-7-4-10-28-26(23)25)17-22-15-21-9-8-20(16-24(21)29-22)19-5-2-1-3-6-19/h1-10,15-16,18,29H,11-14,17H2. The van der Waals surface area contributed by atoms with Crippen molar-refractivity contribution in [2.75, 3.05) is 26.3 Å². The number of amides is 1. The van der Waals surface area contributed by atoms with Gasteiger partial charge in [-0.3, -0.25) is 9.78 Å². The van der Waals surface area contributed by atoms with Crippen molar-refractivity contribution in [2.45, 2.75) is 6.54 Å². The lowest BCUT2D eigenvalue weighted by Crippen LogP contribution is -2.40. The highest BCUT2D eigenvalue weighted by molar-refractivity contribution is 6.05. The first kappa shape index (κ1) is 19.8. The Hall–Kier alpha value is -3.90. The van der Waals surface area contributed by atoms with Crippen molar-refractivity contribution < 1.29 is 9.53 Å². The second kappa shape index (κ2) is 8.22. The van der Waals surface area contributed by atoms with Crippen molar-refractivity contribution in [3.05, 3.63) is 90.4 Å². The summed E-state index contributed by atoms with van der Waals surface area (Å²) in [5.74, 6) is 0.0184. The van der Waals surface area contributed by atoms with Crippen molar-refractivity contribution in [3.63, 3.8) is 0 Å². The van der Waals surface area contributed by atoms with Gasteiger partial charge in [0.25, 0.3) is 5.91 Å². The van der Waals surface area contributed by atoms with Crippen LogP contribution in [0.3, 0.4) is 0 Å². The molecule has 0 unspecified atom stereocenters. The summed E-state index contributed by atoms with van der Waals surface area (Å²) in [5, 5.41) is 1.17. The van der Waals surface area contributed by atoms with E-state index in [4.69, 9.17) is 4.74 Å². The predicted octanol–water partition coefficient (Wildman–Crippen LogP) is 4.71. The number of hydrogen-bond acceptors (Lipinski definition) is 3. The van der Waals surface area contributed by atoms with E-state index in [0.717, 1.165) is 22.2 Å². The van der Waals surface area contributed by atoms with Crippen LogP contribution in [0.5, 0.6) is 0 Å². The quantitative estimate of drug-likeness (QED) is 0.444. The number of carbonyl (C=O) groups excluding carboxylic acids is 1. The Bertz CT molecular complexity index is 1450. The Morgan fingerprint density at radius 2 is 1.82 bits per heavy atom. The molecule has 1 aliphatic rings. The SMILES string of the molecule is O=C(c1cn(Cc2cc3ccc(-c4ccccc4)cc3[nH]2)c2cccnc12)N1CCOCC1. The lowest BCUT2D eigenvalue weighted by Gasteiger charge is -2.26. The van der Waals surface area contributed by atoms with Crippen LogP contribution < -0.4 is 0 Å². The smallest absolute Gasteiger partial charge is 0.257 e. The lowest BCUT2D eigenvalue weighted by molar-refractivity contribution is 0.0304. The summed E-state index contributed by atoms with van der Waals surface area (Å²) in [6, 6.07) is 23.0. The van der Waals surface area contributed by atoms with Crippen LogP contribution >= 0.6 is 0 Å². The van der Waals surface area contributed by atoms with E-state index in [9.17, 15) is 4.79 Å². The van der Waals surface area contributed by atoms with Gasteiger partial charge in [0.15, 0.2) is 0 Å². The second-order valence-electron chi connectivity index (χ2n) is 8.41. The summed E-state index contributed by atoms with van der Waals surface area (Å²) in [6.45, 7) is 3.03. The molecule has 6 nitrogen and oxygen atoms in total. The first-order valence-corrected chi connectivity index (χ1v) is 11.2. The van der Waals surface area contributed by atoms with Crippen LogP contribution in [-0.2, 0) is 11.3 Å². The molecule has 4 heterocycles. The minimum Gasteiger partial charge on any atom is -0.378 e. The number of hydrogen-bond donors (Lipinski definition) is 1. The second-order valence-corrected chi connectivity index (χ2v) is 8.41. The molecule has 1 fully saturated rings. The van der Waals surface area contributed by atoms with Crippen molar-refractivity contribution in [3.8, 4) is 11.1 Å². The average Bonchev–Trinajstić information content (AvgIpc) is 3.45. The van der Waals surface area contributed by atoms with Crippen LogP contribution in [0.15, 0.2) is 79.1 Å². The Morgan fingerprint density at radius 3 is 2.67 bits per heavy atom. The van der Waals surface area contributed by atoms with Gasteiger partial charge in [0.05, 0.1) is 30.8 Å². The highest BCUT2D eigenvalue weighted by Crippen LogP contribution is 2.26. The van der Waals surface area contributed by atoms with E-state index in [1.807, 2.05) is 29.3 Å². The number of morpholine rings is 1. The summed E-state index contributed by atoms with van der Waals surface area (Å²) < 4.78 is 7.51. The molecule has 5 aromatic rings. The maximum atomic E-state index is 13.2. The first-order valence-electron chi connectivity index (χ1n) is 11.2. The fourth-order valence-electron chi connectivity index (χ4n) is 4.61. The van der Waals surface area contributed by atoms with Gasteiger partial charge in [0.1, 0.15) is 5.52 Å². The van der Waals surface area contributed by atoms with Crippen molar-refractivity contribution >= 4 is 27.8 Å². The summed E-state index contributed by atoms with van der Waals surface area (Å²) >= 11 is 0. The molecule has 3 aromatic heterocycles. The molecule has 0 bridgehead atoms. The summed E-state index contributed by atoms with van der Waals surface area (Å²) in [4.78, 5) is 23.2. The van der Waals surface area contributed by atoms with Crippen LogP contribution in [0.1, 0.15) is 16.1 Å². The van der Waals surface area contributed by atoms with E-state index >= 15 is 0 Å². The van der Waals surface area contributed by atoms with Crippen LogP contribution in [-0.4, -0.2) is 51.6 Å². The molecular weight excluding hydrogens is 412 g/mol. The third kappa shape index (κ3) is 3.68. The van der Waals surface area contributed by atoms with Gasteiger partial charge in [0.2, 0.25) is 0 Å². The van der Waals surface area contributed by atoms with Crippen molar-refractivity contribution in [1.29, 1.82) is 0 Å². The van der Waals surface area contributed by atoms with Gasteiger partial charge in [-0.05, 0) is 40.8 Å². The van der Waals surface area contributed by atoms with Gasteiger partial charge in [-0.1, -0.05) is 42.5 Å². The molecule has 0 saturated carbocycles. The van der Waals surface area contributed by atoms with E-state index in [1.54, 1.807) is 6.20 Å². The van der Waals surface area contributed by atoms with Gasteiger partial charge >= 0.3 is 0 Å². The first-order chi connectivity index (χ1) is 16.3. The zero-order chi connectivity index (χ0) is 22.2. The average molecular weight is 437 g/mol. The van der Waals surface area contributed by atoms with Crippen LogP contribution in [0, 0.1) is 0 Å². The molecule has 1 N–H and O–H groups in total. The van der Waals surface area contributed by atoms with Gasteiger partial charge in [0, 0.05) is 36.7 Å². The van der Waals surface area contributed by atoms with E-state index in [-0.39, 0.29) is 5.91 Å². The molecule has 6 rings (SSSR count). The monoisotopic (exact) mass is 436 g/mol. The molecule has 1 aliphatic heterocycles. The van der Waals surface area contributed by atoms with E-state index < -0.39 is 0 Å². The molecular formula is C27H24N4O2. The number of benzene rings is 2. The van der Waals surface area contributed by atoms with E-state index in [0.29, 0.717) is 38.4 Å². The van der Waals surface area contributed by atoms with Gasteiger partial charge in [-0.15, -0.1) is 0 Å². The summed E-state index contributed by atoms with van der Waals surface area (Å²) in [5.41, 5.74) is 6.92. The van der Waals surface area contributed by atoms with Gasteiger partial charge < -0.3 is 19.2 Å². The van der Waals surface area contributed by atoms with Crippen LogP contribution in [0.2, 0.25) is 0 Å². The Balaban J connectivity index is 1.34. The molecule has 0 atom stereocenters. The molecule has 6 heteroatoms. The third-order valence-corrected chi connectivity index (χ3v) is 6.29. The van der Waals surface area contributed by atoms with Crippen molar-refractivity contribution in [1.82, 2.24) is 19.4 Å². The van der Waals surface area contributed by atoms with Gasteiger partial charge in [-0.25, -0.2) is 0 Å². The molecule has 0 spiro atoms. The fourth-order valence-corrected chi connectivity index (χ4v) is 4.61. The van der Waals surface area contributed by atoms with Crippen LogP contribution in [0.4, 0.5) is 0 Å². The molecule has 1 amide bonds. The van der Waals surface area contributed by atoms with Gasteiger partial charge in [-0.2, -0.15) is 0 Å². The van der Waals surface area contributed by atoms with E-state index in [2.05, 4.69) is 63.1 Å². The Morgan fingerprint density at radius 1 is 0.970 bits per heavy atom. The summed E-state index contributed by atoms with van der Waals surface area (Å²) in [6.07, 6.45) is 3.69. The Kier molecular flexibility index (Phi) is 4.92. The zero-order valence-electron chi connectivity index (χ0n) is 18.2. The number of fused-ring (bicyclic) bond motifs is 2. The lowest BCUT2D eigenvalue weighted by atomic mass is 10.0. The molecule has 33 heavy (non-hydrogen) atoms. The van der Waals surface area contributed by atoms with Crippen molar-refractivity contribution in [2.24, 2.45) is 0 Å². The maximum absolute atomic E-state index is 13.2. The summed E-state index contributed by atoms with van der Waals surface area (Å²) in [7, 11) is 0. The minimum atomic E-state index is 0.0184. The number of carbonyl (C=O) groups is 1. The van der Waals surface area contributed by atoms with Crippen LogP contribution in [0.25, 0.3) is 33.1 Å². The number of H-pyrrole nitrogens is 1. The normalized spacial score (nSPS) is 14.2. The highest BCUT2D eigenvalue weighted by Gasteiger charge is 2.23. The highest BCUT2D eigenvalue weighted by atomic mass is 16.5. The third-order valence-electron chi connectivity index (χ3n) is 6.29. The molecule has 0 radical (unpaired) electrons. The predicted molar refractivity (Wildman–Crippen MR) is 129 cm³/mol. The maximum Gasteiger partial charge on any atom is 0.257 e. The van der Waals surface area contributed by atoms with E-state index in [1.165, 1.54) is 16.5 Å². The zero-order valence-corrected chi connectivity index (χ0v) is 18.2. The fraction of sp³-hybridized carbons (Fsp3) is 0.185. The number of nitrogens with zero attached hydrogens (tertiary/aromatic N) is 3. The number of pyridine rings is 1. The molecule has 164 valence electrons. The number of rotatable bonds is 4. The molecule has 0 aliphatic carbocycles. The molecule has 2 aromatic carbocycles. The topological polar surface area (TPSA) is 63.2 Å². The minimum absolute atomic E-state index is 0.0184.